The number of benzene rings is 12. The van der Waals surface area contributed by atoms with Crippen molar-refractivity contribution in [2.45, 2.75) is 34.6 Å². The van der Waals surface area contributed by atoms with Crippen molar-refractivity contribution in [1.29, 1.82) is 0 Å². The smallest absolute Gasteiger partial charge is 0.0973 e. The van der Waals surface area contributed by atoms with Crippen molar-refractivity contribution in [2.24, 2.45) is 0 Å². The molecule has 0 spiro atoms. The Balaban J connectivity index is 0.000000968. The summed E-state index contributed by atoms with van der Waals surface area (Å²) in [5.41, 5.74) is 21.1. The number of aromatic amines is 1. The lowest BCUT2D eigenvalue weighted by Crippen LogP contribution is -2.22. The van der Waals surface area contributed by atoms with Crippen LogP contribution in [0.2, 0.25) is 0 Å². The lowest BCUT2D eigenvalue weighted by Gasteiger charge is -2.27. The van der Waals surface area contributed by atoms with Gasteiger partial charge in [0.25, 0.3) is 0 Å². The fourth-order valence-electron chi connectivity index (χ4n) is 12.1. The molecule has 466 valence electrons. The molecule has 0 bridgehead atoms. The number of aryl methyl sites for hydroxylation is 1. The average molecular weight is 1230 g/mol. The zero-order valence-electron chi connectivity index (χ0n) is 55.0. The molecular formula is C89H80N6. The molecule has 0 unspecified atom stereocenters. The first-order valence-electron chi connectivity index (χ1n) is 32.4. The van der Waals surface area contributed by atoms with E-state index in [1.165, 1.54) is 65.8 Å². The van der Waals surface area contributed by atoms with Crippen LogP contribution in [-0.2, 0) is 0 Å². The minimum Gasteiger partial charge on any atom is -0.355 e. The second-order valence-corrected chi connectivity index (χ2v) is 23.1. The fraction of sp³-hybridized carbons (Fsp3) is 0.0787. The third-order valence-electron chi connectivity index (χ3n) is 16.5. The highest BCUT2D eigenvalue weighted by molar-refractivity contribution is 6.10. The maximum Gasteiger partial charge on any atom is 0.0973 e. The number of para-hydroxylation sites is 4. The molecule has 0 aliphatic carbocycles. The molecule has 0 atom stereocenters. The van der Waals surface area contributed by atoms with Crippen molar-refractivity contribution < 1.29 is 0 Å². The van der Waals surface area contributed by atoms with Gasteiger partial charge >= 0.3 is 0 Å². The molecule has 0 aliphatic rings. The molecule has 0 saturated carbocycles. The maximum atomic E-state index is 5.34. The Kier molecular flexibility index (Phi) is 21.1. The number of rotatable bonds is 16. The van der Waals surface area contributed by atoms with Crippen molar-refractivity contribution in [3.63, 3.8) is 0 Å². The van der Waals surface area contributed by atoms with Crippen LogP contribution in [0.5, 0.6) is 0 Å². The first-order valence-corrected chi connectivity index (χ1v) is 32.4. The van der Waals surface area contributed by atoms with Crippen molar-refractivity contribution in [2.75, 3.05) is 27.8 Å². The zero-order valence-corrected chi connectivity index (χ0v) is 55.0. The van der Waals surface area contributed by atoms with Gasteiger partial charge in [-0.2, -0.15) is 0 Å². The normalized spacial score (nSPS) is 11.1. The van der Waals surface area contributed by atoms with Gasteiger partial charge in [0, 0.05) is 85.8 Å². The first-order chi connectivity index (χ1) is 46.7. The van der Waals surface area contributed by atoms with Crippen molar-refractivity contribution >= 4 is 88.5 Å². The SMILES string of the molecule is C=CC.C=CC.C=CC.C=CCN(C(/C=C\CN(c1ccccc1)c1ccc(-c2ccc3ccccc3c2)cc1C)=C/C)c1ccc(-c2nc3ccccc3nc2-c2ccc(N(c3ccccc3)c3ccc4[nH]c5ccc(-c6ccc7ccccc7c6)cc5c4c3)cc2)cc1. The van der Waals surface area contributed by atoms with E-state index in [0.717, 1.165) is 78.7 Å². The van der Waals surface area contributed by atoms with Gasteiger partial charge in [0.05, 0.1) is 22.4 Å². The van der Waals surface area contributed by atoms with E-state index in [0.29, 0.717) is 13.1 Å². The lowest BCUT2D eigenvalue weighted by molar-refractivity contribution is 1.03. The van der Waals surface area contributed by atoms with E-state index in [1.54, 1.807) is 18.2 Å². The van der Waals surface area contributed by atoms with E-state index in [9.17, 15) is 0 Å². The molecule has 95 heavy (non-hydrogen) atoms. The number of hydrogen-bond acceptors (Lipinski definition) is 5. The molecule has 2 aromatic heterocycles. The Morgan fingerprint density at radius 3 is 1.35 bits per heavy atom. The highest BCUT2D eigenvalue weighted by Gasteiger charge is 2.20. The summed E-state index contributed by atoms with van der Waals surface area (Å²) in [5, 5.41) is 7.32. The lowest BCUT2D eigenvalue weighted by atomic mass is 9.99. The summed E-state index contributed by atoms with van der Waals surface area (Å²) in [4.78, 5) is 21.4. The summed E-state index contributed by atoms with van der Waals surface area (Å²) in [6.07, 6.45) is 13.9. The molecule has 6 nitrogen and oxygen atoms in total. The summed E-state index contributed by atoms with van der Waals surface area (Å²) in [6.45, 7) is 25.5. The highest BCUT2D eigenvalue weighted by atomic mass is 15.2. The minimum absolute atomic E-state index is 0.622. The van der Waals surface area contributed by atoms with E-state index >= 15 is 0 Å². The van der Waals surface area contributed by atoms with Gasteiger partial charge in [-0.1, -0.05) is 194 Å². The summed E-state index contributed by atoms with van der Waals surface area (Å²) in [7, 11) is 0. The van der Waals surface area contributed by atoms with Crippen LogP contribution < -0.4 is 14.7 Å². The van der Waals surface area contributed by atoms with Crippen LogP contribution in [0.4, 0.5) is 34.1 Å². The Bertz CT molecular complexity index is 5020. The number of anilines is 6. The summed E-state index contributed by atoms with van der Waals surface area (Å²) in [6, 6.07) is 97.7. The van der Waals surface area contributed by atoms with Gasteiger partial charge < -0.3 is 19.7 Å². The van der Waals surface area contributed by atoms with Crippen LogP contribution in [0.3, 0.4) is 0 Å². The number of aromatic nitrogens is 3. The van der Waals surface area contributed by atoms with E-state index in [2.05, 4.69) is 327 Å². The van der Waals surface area contributed by atoms with Gasteiger partial charge in [-0.05, 0) is 205 Å². The second kappa shape index (κ2) is 31.0. The molecule has 2 heterocycles. The molecule has 0 aliphatic heterocycles. The Labute approximate surface area is 560 Å². The van der Waals surface area contributed by atoms with Gasteiger partial charge in [0.2, 0.25) is 0 Å². The molecule has 12 aromatic carbocycles. The van der Waals surface area contributed by atoms with Crippen LogP contribution in [0, 0.1) is 6.92 Å². The Hall–Kier alpha value is -11.9. The number of nitrogens with zero attached hydrogens (tertiary/aromatic N) is 5. The van der Waals surface area contributed by atoms with E-state index in [4.69, 9.17) is 9.97 Å². The van der Waals surface area contributed by atoms with Crippen molar-refractivity contribution in [3.05, 3.63) is 353 Å². The van der Waals surface area contributed by atoms with Gasteiger partial charge in [0.1, 0.15) is 0 Å². The molecule has 6 heteroatoms. The zero-order chi connectivity index (χ0) is 66.0. The van der Waals surface area contributed by atoms with E-state index in [-0.39, 0.29) is 0 Å². The van der Waals surface area contributed by atoms with Crippen LogP contribution in [0.25, 0.3) is 99.2 Å². The third kappa shape index (κ3) is 14.7. The van der Waals surface area contributed by atoms with Gasteiger partial charge in [-0.3, -0.25) is 0 Å². The fourth-order valence-corrected chi connectivity index (χ4v) is 12.1. The summed E-state index contributed by atoms with van der Waals surface area (Å²) < 4.78 is 0. The molecule has 1 N–H and O–H groups in total. The maximum absolute atomic E-state index is 5.34. The largest absolute Gasteiger partial charge is 0.355 e. The summed E-state index contributed by atoms with van der Waals surface area (Å²) in [5.74, 6) is 0. The number of nitrogens with one attached hydrogen (secondary N) is 1. The topological polar surface area (TPSA) is 51.3 Å². The van der Waals surface area contributed by atoms with Crippen LogP contribution in [0.1, 0.15) is 33.3 Å². The molecule has 14 aromatic rings. The van der Waals surface area contributed by atoms with Crippen molar-refractivity contribution in [1.82, 2.24) is 15.0 Å². The minimum atomic E-state index is 0.622. The number of allylic oxidation sites excluding steroid dienone is 5. The standard InChI is InChI=1S/C80H62N6.3C3H6/c1-4-48-84(66(5-2)27-18-49-85(67-23-8-6-9-24-67)78-47-39-62(50-55(78)3)63-32-30-56-19-12-14-21-60(56)51-63)68-40-34-58(35-41-68)79-80(83-77-29-17-16-28-76(77)82-79)59-36-42-70(43-37-59)86(69-25-10-7-11-26-69)71-44-46-75-73(54-71)72-53-65(38-45-74(72)81-75)64-33-31-57-20-13-15-22-61(57)52-64;3*1-3-2/h4-47,50-54,81H,1,48-49H2,2-3H3;3*3H,1H2,2H3/b27-18-,66-5+;;;. The molecule has 0 amide bonds. The second-order valence-electron chi connectivity index (χ2n) is 23.1. The summed E-state index contributed by atoms with van der Waals surface area (Å²) >= 11 is 0. The van der Waals surface area contributed by atoms with Gasteiger partial charge in [-0.25, -0.2) is 9.97 Å². The Morgan fingerprint density at radius 2 is 0.811 bits per heavy atom. The predicted octanol–water partition coefficient (Wildman–Crippen LogP) is 24.9. The Morgan fingerprint density at radius 1 is 0.389 bits per heavy atom. The highest BCUT2D eigenvalue weighted by Crippen LogP contribution is 2.41. The molecule has 0 radical (unpaired) electrons. The van der Waals surface area contributed by atoms with Crippen molar-refractivity contribution in [3.8, 4) is 44.8 Å². The van der Waals surface area contributed by atoms with E-state index < -0.39 is 0 Å². The molecular weight excluding hydrogens is 1150 g/mol. The number of hydrogen-bond donors (Lipinski definition) is 1. The molecule has 14 rings (SSSR count). The van der Waals surface area contributed by atoms with Gasteiger partial charge in [0.15, 0.2) is 0 Å². The van der Waals surface area contributed by atoms with Crippen LogP contribution in [0.15, 0.2) is 348 Å². The predicted molar refractivity (Wildman–Crippen MR) is 413 cm³/mol. The average Bonchev–Trinajstić information content (AvgIpc) is 1.57. The first kappa shape index (κ1) is 64.7. The third-order valence-corrected chi connectivity index (χ3v) is 16.5. The molecule has 0 saturated heterocycles. The number of H-pyrrole nitrogens is 1. The van der Waals surface area contributed by atoms with E-state index in [1.807, 2.05) is 51.1 Å². The monoisotopic (exact) mass is 1230 g/mol. The van der Waals surface area contributed by atoms with Crippen LogP contribution >= 0.6 is 0 Å². The quantitative estimate of drug-likeness (QED) is 0.0772. The molecule has 0 fully saturated rings. The van der Waals surface area contributed by atoms with Gasteiger partial charge in [-0.15, -0.1) is 26.3 Å². The van der Waals surface area contributed by atoms with Crippen LogP contribution in [-0.4, -0.2) is 28.0 Å². The number of fused-ring (bicyclic) bond motifs is 6.